The van der Waals surface area contributed by atoms with Crippen molar-refractivity contribution in [3.05, 3.63) is 11.6 Å². The molecule has 0 aromatic rings. The van der Waals surface area contributed by atoms with Crippen molar-refractivity contribution in [2.24, 2.45) is 23.2 Å². The smallest absolute Gasteiger partial charge is 0.0900 e. The molecule has 1 N–H and O–H groups in total. The summed E-state index contributed by atoms with van der Waals surface area (Å²) in [7, 11) is 0. The first-order chi connectivity index (χ1) is 11.0. The van der Waals surface area contributed by atoms with Crippen molar-refractivity contribution < 1.29 is 9.84 Å². The molecule has 0 aromatic heterocycles. The summed E-state index contributed by atoms with van der Waals surface area (Å²) >= 11 is 0. The number of rotatable bonds is 10. The minimum absolute atomic E-state index is 0.355. The Kier molecular flexibility index (Phi) is 5.49. The molecule has 0 radical (unpaired) electrons. The lowest BCUT2D eigenvalue weighted by Crippen LogP contribution is -2.48. The molecule has 0 aromatic carbocycles. The molecule has 2 bridgehead atoms. The van der Waals surface area contributed by atoms with E-state index in [4.69, 9.17) is 4.74 Å². The summed E-state index contributed by atoms with van der Waals surface area (Å²) in [6.07, 6.45) is 8.51. The van der Waals surface area contributed by atoms with Crippen LogP contribution in [0.1, 0.15) is 52.9 Å². The first-order valence-corrected chi connectivity index (χ1v) is 9.67. The predicted octanol–water partition coefficient (Wildman–Crippen LogP) is 3.48. The van der Waals surface area contributed by atoms with Crippen molar-refractivity contribution in [3.8, 4) is 0 Å². The fraction of sp³-hybridized carbons (Fsp3) is 0.900. The summed E-state index contributed by atoms with van der Waals surface area (Å²) < 4.78 is 5.88. The zero-order valence-corrected chi connectivity index (χ0v) is 15.3. The van der Waals surface area contributed by atoms with Crippen molar-refractivity contribution >= 4 is 0 Å². The molecule has 3 heteroatoms. The molecule has 2 saturated carbocycles. The van der Waals surface area contributed by atoms with E-state index < -0.39 is 0 Å². The van der Waals surface area contributed by atoms with Gasteiger partial charge in [0.1, 0.15) is 0 Å². The molecule has 0 heterocycles. The molecule has 23 heavy (non-hydrogen) atoms. The molecule has 3 atom stereocenters. The lowest BCUT2D eigenvalue weighted by molar-refractivity contribution is -0.0262. The molecule has 3 nitrogen and oxygen atoms in total. The van der Waals surface area contributed by atoms with Crippen molar-refractivity contribution in [3.63, 3.8) is 0 Å². The fourth-order valence-electron chi connectivity index (χ4n) is 4.54. The summed E-state index contributed by atoms with van der Waals surface area (Å²) in [6, 6.07) is 0. The highest BCUT2D eigenvalue weighted by Gasteiger charge is 2.50. The van der Waals surface area contributed by atoms with E-state index in [1.54, 1.807) is 0 Å². The average molecular weight is 322 g/mol. The highest BCUT2D eigenvalue weighted by molar-refractivity contribution is 5.23. The summed E-state index contributed by atoms with van der Waals surface area (Å²) in [5, 5.41) is 10.3. The van der Waals surface area contributed by atoms with E-state index in [0.717, 1.165) is 37.9 Å². The van der Waals surface area contributed by atoms with Crippen molar-refractivity contribution in [1.82, 2.24) is 4.90 Å². The number of aliphatic hydroxyl groups is 1. The third-order valence-corrected chi connectivity index (χ3v) is 6.38. The van der Waals surface area contributed by atoms with Crippen LogP contribution < -0.4 is 0 Å². The zero-order chi connectivity index (χ0) is 16.4. The first-order valence-electron chi connectivity index (χ1n) is 9.67. The van der Waals surface area contributed by atoms with E-state index in [1.807, 2.05) is 0 Å². The standard InChI is InChI=1S/C20H35NO2/c1-4-9-21(11-15-5-6-15)12-18(22)14-23-13-16-7-8-17-10-19(16)20(17,2)3/h7,15,17-19,22H,4-6,8-14H2,1-3H3. The molecular formula is C20H35NO2. The van der Waals surface area contributed by atoms with Crippen LogP contribution in [0, 0.1) is 23.2 Å². The van der Waals surface area contributed by atoms with Gasteiger partial charge in [0, 0.05) is 13.1 Å². The maximum absolute atomic E-state index is 10.3. The van der Waals surface area contributed by atoms with Gasteiger partial charge in [0.05, 0.1) is 19.3 Å². The molecular weight excluding hydrogens is 286 g/mol. The monoisotopic (exact) mass is 321 g/mol. The number of hydrogen-bond donors (Lipinski definition) is 1. The molecule has 3 unspecified atom stereocenters. The van der Waals surface area contributed by atoms with Gasteiger partial charge in [-0.3, -0.25) is 0 Å². The third kappa shape index (κ3) is 4.18. The number of allylic oxidation sites excluding steroid dienone is 1. The number of hydrogen-bond acceptors (Lipinski definition) is 3. The summed E-state index contributed by atoms with van der Waals surface area (Å²) in [5.74, 6) is 2.48. The van der Waals surface area contributed by atoms with Crippen LogP contribution in [-0.2, 0) is 4.74 Å². The lowest BCUT2D eigenvalue weighted by Gasteiger charge is -2.56. The zero-order valence-electron chi connectivity index (χ0n) is 15.3. The second-order valence-corrected chi connectivity index (χ2v) is 8.69. The number of aliphatic hydroxyl groups excluding tert-OH is 1. The van der Waals surface area contributed by atoms with E-state index >= 15 is 0 Å². The molecule has 0 saturated heterocycles. The maximum Gasteiger partial charge on any atom is 0.0900 e. The van der Waals surface area contributed by atoms with E-state index in [1.165, 1.54) is 31.3 Å². The van der Waals surface area contributed by atoms with Gasteiger partial charge < -0.3 is 14.7 Å². The Balaban J connectivity index is 1.37. The molecule has 2 fully saturated rings. The Bertz CT molecular complexity index is 427. The Morgan fingerprint density at radius 1 is 1.39 bits per heavy atom. The average Bonchev–Trinajstić information content (AvgIpc) is 3.31. The van der Waals surface area contributed by atoms with Gasteiger partial charge >= 0.3 is 0 Å². The van der Waals surface area contributed by atoms with Crippen molar-refractivity contribution in [2.75, 3.05) is 32.8 Å². The Morgan fingerprint density at radius 3 is 2.78 bits per heavy atom. The van der Waals surface area contributed by atoms with Crippen LogP contribution in [0.5, 0.6) is 0 Å². The van der Waals surface area contributed by atoms with Gasteiger partial charge in [0.2, 0.25) is 0 Å². The minimum atomic E-state index is -0.355. The van der Waals surface area contributed by atoms with Crippen molar-refractivity contribution in [1.29, 1.82) is 0 Å². The number of fused-ring (bicyclic) bond motifs is 1. The molecule has 132 valence electrons. The normalized spacial score (nSPS) is 30.0. The Labute approximate surface area is 142 Å². The van der Waals surface area contributed by atoms with Gasteiger partial charge in [-0.2, -0.15) is 0 Å². The molecule has 4 rings (SSSR count). The largest absolute Gasteiger partial charge is 0.389 e. The molecule has 4 aliphatic carbocycles. The second-order valence-electron chi connectivity index (χ2n) is 8.69. The van der Waals surface area contributed by atoms with Crippen LogP contribution in [0.2, 0.25) is 0 Å². The topological polar surface area (TPSA) is 32.7 Å². The van der Waals surface area contributed by atoms with Gasteiger partial charge in [-0.1, -0.05) is 26.8 Å². The van der Waals surface area contributed by atoms with Gasteiger partial charge in [-0.15, -0.1) is 0 Å². The van der Waals surface area contributed by atoms with Crippen LogP contribution in [-0.4, -0.2) is 49.0 Å². The summed E-state index contributed by atoms with van der Waals surface area (Å²) in [6.45, 7) is 11.2. The van der Waals surface area contributed by atoms with E-state index in [0.29, 0.717) is 24.5 Å². The first kappa shape index (κ1) is 17.4. The van der Waals surface area contributed by atoms with Gasteiger partial charge in [0.15, 0.2) is 0 Å². The number of ether oxygens (including phenoxy) is 1. The van der Waals surface area contributed by atoms with E-state index in [-0.39, 0.29) is 6.10 Å². The summed E-state index contributed by atoms with van der Waals surface area (Å²) in [5.41, 5.74) is 1.95. The molecule has 4 aliphatic rings. The maximum atomic E-state index is 10.3. The third-order valence-electron chi connectivity index (χ3n) is 6.38. The van der Waals surface area contributed by atoms with Gasteiger partial charge in [-0.25, -0.2) is 0 Å². The molecule has 0 amide bonds. The van der Waals surface area contributed by atoms with Crippen LogP contribution >= 0.6 is 0 Å². The quantitative estimate of drug-likeness (QED) is 0.625. The second kappa shape index (κ2) is 7.25. The van der Waals surface area contributed by atoms with Gasteiger partial charge in [0.25, 0.3) is 0 Å². The summed E-state index contributed by atoms with van der Waals surface area (Å²) in [4.78, 5) is 2.42. The van der Waals surface area contributed by atoms with E-state index in [2.05, 4.69) is 31.7 Å². The molecule has 0 aliphatic heterocycles. The highest BCUT2D eigenvalue weighted by Crippen LogP contribution is 2.59. The number of nitrogens with zero attached hydrogens (tertiary/aromatic N) is 1. The van der Waals surface area contributed by atoms with Gasteiger partial charge in [-0.05, 0) is 67.4 Å². The highest BCUT2D eigenvalue weighted by atomic mass is 16.5. The van der Waals surface area contributed by atoms with Crippen LogP contribution in [0.4, 0.5) is 0 Å². The van der Waals surface area contributed by atoms with Crippen LogP contribution in [0.15, 0.2) is 11.6 Å². The van der Waals surface area contributed by atoms with Crippen molar-refractivity contribution in [2.45, 2.75) is 59.0 Å². The lowest BCUT2D eigenvalue weighted by atomic mass is 9.49. The van der Waals surface area contributed by atoms with E-state index in [9.17, 15) is 5.11 Å². The SMILES string of the molecule is CCCN(CC(O)COCC1=CCC2CC1C2(C)C)CC1CC1. The van der Waals surface area contributed by atoms with Crippen LogP contribution in [0.25, 0.3) is 0 Å². The predicted molar refractivity (Wildman–Crippen MR) is 94.4 cm³/mol. The Hall–Kier alpha value is -0.380. The van der Waals surface area contributed by atoms with Crippen LogP contribution in [0.3, 0.4) is 0 Å². The Morgan fingerprint density at radius 2 is 2.17 bits per heavy atom. The molecule has 0 spiro atoms. The fourth-order valence-corrected chi connectivity index (χ4v) is 4.54. The minimum Gasteiger partial charge on any atom is -0.389 e.